The second-order valence-corrected chi connectivity index (χ2v) is 9.89. The summed E-state index contributed by atoms with van der Waals surface area (Å²) in [6.45, 7) is 6.92. The smallest absolute Gasteiger partial charge is 0.0445 e. The number of aryl methyl sites for hydroxylation is 1. The fourth-order valence-corrected chi connectivity index (χ4v) is 6.32. The Kier molecular flexibility index (Phi) is 4.11. The van der Waals surface area contributed by atoms with E-state index in [2.05, 4.69) is 75.4 Å². The highest BCUT2D eigenvalue weighted by Crippen LogP contribution is 2.44. The molecule has 0 atom stereocenters. The molecule has 0 fully saturated rings. The van der Waals surface area contributed by atoms with Gasteiger partial charge in [-0.05, 0) is 48.2 Å². The third-order valence-electron chi connectivity index (χ3n) is 4.52. The van der Waals surface area contributed by atoms with Gasteiger partial charge in [-0.25, -0.2) is 0 Å². The van der Waals surface area contributed by atoms with Crippen molar-refractivity contribution in [3.05, 3.63) is 69.2 Å². The first-order chi connectivity index (χ1) is 11.6. The number of benzene rings is 1. The van der Waals surface area contributed by atoms with E-state index in [0.29, 0.717) is 0 Å². The van der Waals surface area contributed by atoms with Crippen LogP contribution in [0.25, 0.3) is 19.8 Å². The Labute approximate surface area is 155 Å². The highest BCUT2D eigenvalue weighted by atomic mass is 32.1. The first kappa shape index (κ1) is 16.1. The van der Waals surface area contributed by atoms with Crippen LogP contribution in [0.2, 0.25) is 0 Å². The SMILES string of the molecule is CCc1ccc(-c2ccc(C(C)(C)c3cc4ccccc4s3)s2)s1. The molecule has 0 radical (unpaired) electrons. The van der Waals surface area contributed by atoms with Crippen LogP contribution in [0.15, 0.2) is 54.6 Å². The summed E-state index contributed by atoms with van der Waals surface area (Å²) in [5.41, 5.74) is 0.0530. The molecule has 0 spiro atoms. The zero-order valence-electron chi connectivity index (χ0n) is 14.1. The van der Waals surface area contributed by atoms with E-state index in [-0.39, 0.29) is 5.41 Å². The zero-order chi connectivity index (χ0) is 16.7. The summed E-state index contributed by atoms with van der Waals surface area (Å²) in [6, 6.07) is 20.2. The first-order valence-corrected chi connectivity index (χ1v) is 10.7. The third-order valence-corrected chi connectivity index (χ3v) is 8.79. The van der Waals surface area contributed by atoms with Crippen LogP contribution in [0.5, 0.6) is 0 Å². The lowest BCUT2D eigenvalue weighted by atomic mass is 9.89. The van der Waals surface area contributed by atoms with E-state index in [1.807, 2.05) is 34.0 Å². The Hall–Kier alpha value is -1.42. The van der Waals surface area contributed by atoms with E-state index in [0.717, 1.165) is 6.42 Å². The molecule has 0 aliphatic heterocycles. The van der Waals surface area contributed by atoms with Gasteiger partial charge in [0.1, 0.15) is 0 Å². The molecule has 0 saturated heterocycles. The average Bonchev–Trinajstić information content (AvgIpc) is 3.31. The molecule has 4 rings (SSSR count). The molecule has 0 aliphatic carbocycles. The molecule has 0 unspecified atom stereocenters. The fraction of sp³-hybridized carbons (Fsp3) is 0.238. The second-order valence-electron chi connectivity index (χ2n) is 6.56. The Balaban J connectivity index is 1.71. The Morgan fingerprint density at radius 1 is 0.792 bits per heavy atom. The second kappa shape index (κ2) is 6.14. The summed E-state index contributed by atoms with van der Waals surface area (Å²) in [4.78, 5) is 7.14. The van der Waals surface area contributed by atoms with Crippen LogP contribution in [-0.4, -0.2) is 0 Å². The molecular weight excluding hydrogens is 348 g/mol. The van der Waals surface area contributed by atoms with E-state index >= 15 is 0 Å². The van der Waals surface area contributed by atoms with Crippen molar-refractivity contribution >= 4 is 44.1 Å². The van der Waals surface area contributed by atoms with Crippen molar-refractivity contribution < 1.29 is 0 Å². The van der Waals surface area contributed by atoms with Crippen LogP contribution in [0.3, 0.4) is 0 Å². The molecule has 0 amide bonds. The number of fused-ring (bicyclic) bond motifs is 1. The molecule has 3 heteroatoms. The number of hydrogen-bond donors (Lipinski definition) is 0. The molecule has 24 heavy (non-hydrogen) atoms. The monoisotopic (exact) mass is 368 g/mol. The number of rotatable bonds is 4. The van der Waals surface area contributed by atoms with Crippen LogP contribution in [0, 0.1) is 0 Å². The van der Waals surface area contributed by atoms with Gasteiger partial charge in [0.15, 0.2) is 0 Å². The van der Waals surface area contributed by atoms with Crippen LogP contribution >= 0.6 is 34.0 Å². The standard InChI is InChI=1S/C21H20S3/c1-4-15-9-10-17(22-15)18-11-12-19(24-18)21(2,3)20-13-14-7-5-6-8-16(14)23-20/h5-13H,4H2,1-3H3. The molecule has 0 nitrogen and oxygen atoms in total. The average molecular weight is 369 g/mol. The quantitative estimate of drug-likeness (QED) is 0.348. The van der Waals surface area contributed by atoms with E-state index in [1.54, 1.807) is 0 Å². The predicted octanol–water partition coefficient (Wildman–Crippen LogP) is 7.58. The van der Waals surface area contributed by atoms with E-state index < -0.39 is 0 Å². The van der Waals surface area contributed by atoms with Crippen molar-refractivity contribution in [2.45, 2.75) is 32.6 Å². The molecule has 1 aromatic carbocycles. The molecular formula is C21H20S3. The molecule has 0 N–H and O–H groups in total. The minimum absolute atomic E-state index is 0.0530. The molecule has 122 valence electrons. The Morgan fingerprint density at radius 3 is 2.29 bits per heavy atom. The molecule has 4 aromatic rings. The summed E-state index contributed by atoms with van der Waals surface area (Å²) < 4.78 is 1.38. The van der Waals surface area contributed by atoms with E-state index in [1.165, 1.54) is 34.5 Å². The fourth-order valence-electron chi connectivity index (χ4n) is 2.92. The van der Waals surface area contributed by atoms with Gasteiger partial charge >= 0.3 is 0 Å². The van der Waals surface area contributed by atoms with Gasteiger partial charge in [0, 0.05) is 34.5 Å². The lowest BCUT2D eigenvalue weighted by molar-refractivity contribution is 0.672. The van der Waals surface area contributed by atoms with E-state index in [4.69, 9.17) is 0 Å². The van der Waals surface area contributed by atoms with Crippen molar-refractivity contribution in [2.24, 2.45) is 0 Å². The largest absolute Gasteiger partial charge is 0.139 e. The zero-order valence-corrected chi connectivity index (χ0v) is 16.6. The summed E-state index contributed by atoms with van der Waals surface area (Å²) >= 11 is 5.78. The Morgan fingerprint density at radius 2 is 1.54 bits per heavy atom. The minimum atomic E-state index is 0.0530. The maximum Gasteiger partial charge on any atom is 0.0445 e. The summed E-state index contributed by atoms with van der Waals surface area (Å²) in [6.07, 6.45) is 1.12. The summed E-state index contributed by atoms with van der Waals surface area (Å²) in [7, 11) is 0. The molecule has 3 heterocycles. The van der Waals surface area contributed by atoms with Gasteiger partial charge in [0.2, 0.25) is 0 Å². The topological polar surface area (TPSA) is 0 Å². The van der Waals surface area contributed by atoms with Crippen LogP contribution in [0.4, 0.5) is 0 Å². The van der Waals surface area contributed by atoms with Crippen LogP contribution in [-0.2, 0) is 11.8 Å². The maximum atomic E-state index is 2.36. The predicted molar refractivity (Wildman–Crippen MR) is 111 cm³/mol. The van der Waals surface area contributed by atoms with Gasteiger partial charge in [-0.15, -0.1) is 34.0 Å². The van der Waals surface area contributed by atoms with Crippen LogP contribution in [0.1, 0.15) is 35.4 Å². The van der Waals surface area contributed by atoms with Crippen LogP contribution < -0.4 is 0 Å². The van der Waals surface area contributed by atoms with Crippen molar-refractivity contribution in [3.63, 3.8) is 0 Å². The summed E-state index contributed by atoms with van der Waals surface area (Å²) in [5.74, 6) is 0. The van der Waals surface area contributed by atoms with Gasteiger partial charge in [-0.3, -0.25) is 0 Å². The van der Waals surface area contributed by atoms with Crippen molar-refractivity contribution in [2.75, 3.05) is 0 Å². The molecule has 0 aliphatic rings. The van der Waals surface area contributed by atoms with E-state index in [9.17, 15) is 0 Å². The molecule has 3 aromatic heterocycles. The highest BCUT2D eigenvalue weighted by molar-refractivity contribution is 7.22. The maximum absolute atomic E-state index is 2.36. The molecule has 0 bridgehead atoms. The van der Waals surface area contributed by atoms with Gasteiger partial charge in [0.05, 0.1) is 0 Å². The lowest BCUT2D eigenvalue weighted by Gasteiger charge is -2.21. The first-order valence-electron chi connectivity index (χ1n) is 8.26. The minimum Gasteiger partial charge on any atom is -0.139 e. The normalized spacial score (nSPS) is 12.1. The van der Waals surface area contributed by atoms with Crippen molar-refractivity contribution in [1.82, 2.24) is 0 Å². The number of thiophene rings is 3. The van der Waals surface area contributed by atoms with Gasteiger partial charge in [0.25, 0.3) is 0 Å². The van der Waals surface area contributed by atoms with Gasteiger partial charge in [-0.2, -0.15) is 0 Å². The lowest BCUT2D eigenvalue weighted by Crippen LogP contribution is -2.15. The highest BCUT2D eigenvalue weighted by Gasteiger charge is 2.27. The van der Waals surface area contributed by atoms with Gasteiger partial charge in [-0.1, -0.05) is 39.0 Å². The molecule has 0 saturated carbocycles. The number of hydrogen-bond acceptors (Lipinski definition) is 3. The Bertz CT molecular complexity index is 948. The third kappa shape index (κ3) is 2.75. The van der Waals surface area contributed by atoms with Crippen molar-refractivity contribution in [1.29, 1.82) is 0 Å². The van der Waals surface area contributed by atoms with Crippen molar-refractivity contribution in [3.8, 4) is 9.75 Å². The van der Waals surface area contributed by atoms with Gasteiger partial charge < -0.3 is 0 Å². The summed E-state index contributed by atoms with van der Waals surface area (Å²) in [5, 5.41) is 1.35.